The van der Waals surface area contributed by atoms with Crippen molar-refractivity contribution in [2.75, 3.05) is 19.6 Å². The molecule has 1 aliphatic carbocycles. The Balaban J connectivity index is 0.000000339. The van der Waals surface area contributed by atoms with Crippen LogP contribution in [0, 0.1) is 5.41 Å². The number of nitrogens with zero attached hydrogens (tertiary/aromatic N) is 3. The van der Waals surface area contributed by atoms with Crippen LogP contribution in [0.3, 0.4) is 0 Å². The highest BCUT2D eigenvalue weighted by molar-refractivity contribution is 7.90. The monoisotopic (exact) mass is 463 g/mol. The van der Waals surface area contributed by atoms with Gasteiger partial charge in [0.15, 0.2) is 0 Å². The largest absolute Gasteiger partial charge is 0.490 e. The number of rotatable bonds is 4. The maximum Gasteiger partial charge on any atom is 0.490 e. The summed E-state index contributed by atoms with van der Waals surface area (Å²) < 4.78 is 58.1. The quantitative estimate of drug-likeness (QED) is 0.732. The second-order valence-electron chi connectivity index (χ2n) is 8.23. The molecule has 3 fully saturated rings. The third-order valence-corrected chi connectivity index (χ3v) is 8.23. The summed E-state index contributed by atoms with van der Waals surface area (Å²) in [5, 5.41) is 6.99. The lowest BCUT2D eigenvalue weighted by Gasteiger charge is -2.38. The van der Waals surface area contributed by atoms with Gasteiger partial charge in [-0.1, -0.05) is 6.07 Å². The Labute approximate surface area is 178 Å². The molecule has 1 N–H and O–H groups in total. The van der Waals surface area contributed by atoms with Crippen molar-refractivity contribution < 1.29 is 36.3 Å². The topological polar surface area (TPSA) is 108 Å². The molecular weight excluding hydrogens is 439 g/mol. The number of likely N-dealkylation sites (tertiary alicyclic amines) is 1. The predicted molar refractivity (Wildman–Crippen MR) is 103 cm³/mol. The number of halogens is 3. The predicted octanol–water partition coefficient (Wildman–Crippen LogP) is 2.02. The van der Waals surface area contributed by atoms with E-state index in [1.54, 1.807) is 16.7 Å². The van der Waals surface area contributed by atoms with Gasteiger partial charge in [0.1, 0.15) is 0 Å². The molecule has 0 bridgehead atoms. The van der Waals surface area contributed by atoms with Crippen LogP contribution < -0.4 is 0 Å². The van der Waals surface area contributed by atoms with Crippen molar-refractivity contribution in [1.29, 1.82) is 0 Å². The van der Waals surface area contributed by atoms with Gasteiger partial charge in [-0.15, -0.1) is 0 Å². The Kier molecular flexibility index (Phi) is 6.61. The van der Waals surface area contributed by atoms with Crippen molar-refractivity contribution in [3.63, 3.8) is 0 Å². The second kappa shape index (κ2) is 8.73. The summed E-state index contributed by atoms with van der Waals surface area (Å²) in [4.78, 5) is 27.3. The SMILES string of the molecule is O=C(O)C(F)(F)F.O=C1CC2(CCN(S(=O)(=O)C3CC3)CC2)CN1Cc1cccnc1. The number of amides is 1. The average Bonchev–Trinajstić information content (AvgIpc) is 3.50. The molecule has 0 aromatic carbocycles. The first-order valence-corrected chi connectivity index (χ1v) is 11.4. The number of hydrogen-bond donors (Lipinski definition) is 1. The first-order chi connectivity index (χ1) is 14.4. The number of aliphatic carboxylic acids is 1. The average molecular weight is 463 g/mol. The Bertz CT molecular complexity index is 911. The first kappa shape index (κ1) is 23.5. The van der Waals surface area contributed by atoms with E-state index in [0.29, 0.717) is 26.1 Å². The van der Waals surface area contributed by atoms with Crippen LogP contribution in [-0.4, -0.2) is 70.7 Å². The van der Waals surface area contributed by atoms with Crippen molar-refractivity contribution >= 4 is 21.9 Å². The number of hydrogen-bond acceptors (Lipinski definition) is 5. The normalized spacial score (nSPS) is 21.6. The Morgan fingerprint density at radius 3 is 2.35 bits per heavy atom. The van der Waals surface area contributed by atoms with Gasteiger partial charge in [-0.25, -0.2) is 17.5 Å². The molecule has 0 atom stereocenters. The Morgan fingerprint density at radius 1 is 1.26 bits per heavy atom. The van der Waals surface area contributed by atoms with E-state index in [0.717, 1.165) is 37.8 Å². The molecule has 8 nitrogen and oxygen atoms in total. The van der Waals surface area contributed by atoms with Gasteiger partial charge in [-0.2, -0.15) is 13.2 Å². The van der Waals surface area contributed by atoms with Crippen molar-refractivity contribution in [3.05, 3.63) is 30.1 Å². The minimum absolute atomic E-state index is 0.0468. The molecule has 0 radical (unpaired) electrons. The summed E-state index contributed by atoms with van der Waals surface area (Å²) in [6.07, 6.45) is 2.17. The van der Waals surface area contributed by atoms with Gasteiger partial charge in [0.05, 0.1) is 5.25 Å². The molecular formula is C19H24F3N3O5S. The van der Waals surface area contributed by atoms with Crippen molar-refractivity contribution in [2.24, 2.45) is 5.41 Å². The number of carbonyl (C=O) groups excluding carboxylic acids is 1. The fourth-order valence-electron chi connectivity index (χ4n) is 3.96. The van der Waals surface area contributed by atoms with E-state index in [1.165, 1.54) is 0 Å². The molecule has 172 valence electrons. The molecule has 3 aliphatic rings. The van der Waals surface area contributed by atoms with Gasteiger partial charge in [0.2, 0.25) is 15.9 Å². The minimum Gasteiger partial charge on any atom is -0.475 e. The highest BCUT2D eigenvalue weighted by Crippen LogP contribution is 2.43. The number of sulfonamides is 1. The first-order valence-electron chi connectivity index (χ1n) is 9.89. The molecule has 2 saturated heterocycles. The molecule has 1 amide bonds. The van der Waals surface area contributed by atoms with Gasteiger partial charge in [0.25, 0.3) is 0 Å². The van der Waals surface area contributed by atoms with E-state index < -0.39 is 22.2 Å². The number of carboxylic acid groups (broad SMARTS) is 1. The molecule has 2 aliphatic heterocycles. The summed E-state index contributed by atoms with van der Waals surface area (Å²) in [7, 11) is -3.08. The summed E-state index contributed by atoms with van der Waals surface area (Å²) in [5.41, 5.74) is 0.992. The second-order valence-corrected chi connectivity index (χ2v) is 10.4. The lowest BCUT2D eigenvalue weighted by atomic mass is 9.78. The van der Waals surface area contributed by atoms with Crippen LogP contribution in [-0.2, 0) is 26.2 Å². The van der Waals surface area contributed by atoms with Gasteiger partial charge in [0, 0.05) is 45.0 Å². The lowest BCUT2D eigenvalue weighted by molar-refractivity contribution is -0.192. The van der Waals surface area contributed by atoms with Crippen LogP contribution in [0.4, 0.5) is 13.2 Å². The number of pyridine rings is 1. The van der Waals surface area contributed by atoms with Crippen molar-refractivity contribution in [3.8, 4) is 0 Å². The van der Waals surface area contributed by atoms with E-state index in [-0.39, 0.29) is 16.6 Å². The third-order valence-electron chi connectivity index (χ3n) is 5.83. The van der Waals surface area contributed by atoms with Gasteiger partial charge >= 0.3 is 12.1 Å². The Hall–Kier alpha value is -2.21. The maximum absolute atomic E-state index is 12.4. The minimum atomic E-state index is -5.08. The fourth-order valence-corrected chi connectivity index (χ4v) is 5.81. The van der Waals surface area contributed by atoms with Crippen LogP contribution in [0.2, 0.25) is 0 Å². The summed E-state index contributed by atoms with van der Waals surface area (Å²) in [6, 6.07) is 3.86. The fraction of sp³-hybridized carbons (Fsp3) is 0.632. The van der Waals surface area contributed by atoms with Crippen LogP contribution in [0.5, 0.6) is 0 Å². The summed E-state index contributed by atoms with van der Waals surface area (Å²) in [5.74, 6) is -2.58. The molecule has 3 heterocycles. The number of alkyl halides is 3. The Morgan fingerprint density at radius 2 is 1.87 bits per heavy atom. The van der Waals surface area contributed by atoms with E-state index in [1.807, 2.05) is 17.0 Å². The molecule has 4 rings (SSSR count). The standard InChI is InChI=1S/C17H23N3O3S.C2HF3O2/c21-16-10-17(13-19(16)12-14-2-1-7-18-11-14)5-8-20(9-6-17)24(22,23)15-3-4-15;3-2(4,5)1(6)7/h1-2,7,11,15H,3-6,8-10,12-13H2;(H,6,7). The van der Waals surface area contributed by atoms with E-state index >= 15 is 0 Å². The number of aromatic nitrogens is 1. The van der Waals surface area contributed by atoms with Crippen LogP contribution in [0.25, 0.3) is 0 Å². The summed E-state index contributed by atoms with van der Waals surface area (Å²) in [6.45, 7) is 2.45. The smallest absolute Gasteiger partial charge is 0.475 e. The highest BCUT2D eigenvalue weighted by Gasteiger charge is 2.48. The number of carboxylic acids is 1. The number of piperidine rings is 1. The van der Waals surface area contributed by atoms with Crippen molar-refractivity contribution in [1.82, 2.24) is 14.2 Å². The zero-order chi connectivity index (χ0) is 22.9. The molecule has 1 saturated carbocycles. The molecule has 12 heteroatoms. The van der Waals surface area contributed by atoms with Crippen LogP contribution in [0.1, 0.15) is 37.7 Å². The lowest BCUT2D eigenvalue weighted by Crippen LogP contribution is -2.45. The van der Waals surface area contributed by atoms with E-state index in [4.69, 9.17) is 9.90 Å². The van der Waals surface area contributed by atoms with E-state index in [9.17, 15) is 26.4 Å². The van der Waals surface area contributed by atoms with Crippen molar-refractivity contribution in [2.45, 2.75) is 50.1 Å². The van der Waals surface area contributed by atoms with Gasteiger partial charge in [-0.3, -0.25) is 9.78 Å². The maximum atomic E-state index is 12.4. The van der Waals surface area contributed by atoms with Crippen LogP contribution in [0.15, 0.2) is 24.5 Å². The zero-order valence-corrected chi connectivity index (χ0v) is 17.5. The summed E-state index contributed by atoms with van der Waals surface area (Å²) >= 11 is 0. The third kappa shape index (κ3) is 5.73. The molecule has 31 heavy (non-hydrogen) atoms. The van der Waals surface area contributed by atoms with Gasteiger partial charge in [-0.05, 0) is 42.7 Å². The molecule has 1 aromatic rings. The van der Waals surface area contributed by atoms with E-state index in [2.05, 4.69) is 4.98 Å². The van der Waals surface area contributed by atoms with Crippen LogP contribution >= 0.6 is 0 Å². The molecule has 0 unspecified atom stereocenters. The molecule has 1 aromatic heterocycles. The number of carbonyl (C=O) groups is 2. The molecule has 1 spiro atoms. The highest BCUT2D eigenvalue weighted by atomic mass is 32.2. The zero-order valence-electron chi connectivity index (χ0n) is 16.7. The van der Waals surface area contributed by atoms with Gasteiger partial charge < -0.3 is 10.0 Å².